The fourth-order valence-electron chi connectivity index (χ4n) is 2.78. The molecular weight excluding hydrogens is 314 g/mol. The molecule has 1 aromatic carbocycles. The van der Waals surface area contributed by atoms with Gasteiger partial charge >= 0.3 is 0 Å². The molecule has 4 aromatic rings. The smallest absolute Gasteiger partial charge is 0.144 e. The van der Waals surface area contributed by atoms with Crippen molar-refractivity contribution in [3.63, 3.8) is 0 Å². The zero-order valence-corrected chi connectivity index (χ0v) is 14.8. The van der Waals surface area contributed by atoms with Gasteiger partial charge in [0.1, 0.15) is 17.2 Å². The Morgan fingerprint density at radius 3 is 2.33 bits per heavy atom. The minimum absolute atomic E-state index is 0.955. The molecule has 3 heterocycles. The lowest BCUT2D eigenvalue weighted by Gasteiger charge is -2.09. The Balaban J connectivity index is 1.89. The molecule has 0 spiro atoms. The first kappa shape index (κ1) is 15.0. The lowest BCUT2D eigenvalue weighted by molar-refractivity contribution is 1.16. The number of nitrogens with zero attached hydrogens (tertiary/aromatic N) is 2. The first-order valence-corrected chi connectivity index (χ1v) is 8.81. The number of benzene rings is 1. The highest BCUT2D eigenvalue weighted by Crippen LogP contribution is 2.35. The van der Waals surface area contributed by atoms with E-state index in [4.69, 9.17) is 4.98 Å². The molecule has 0 unspecified atom stereocenters. The van der Waals surface area contributed by atoms with Crippen LogP contribution < -0.4 is 5.32 Å². The van der Waals surface area contributed by atoms with Gasteiger partial charge in [0.2, 0.25) is 0 Å². The minimum Gasteiger partial charge on any atom is -0.339 e. The molecule has 0 saturated heterocycles. The Labute approximate surface area is 145 Å². The summed E-state index contributed by atoms with van der Waals surface area (Å²) in [7, 11) is 0. The van der Waals surface area contributed by atoms with Crippen molar-refractivity contribution < 1.29 is 0 Å². The molecule has 120 valence electrons. The van der Waals surface area contributed by atoms with Gasteiger partial charge in [-0.05, 0) is 56.7 Å². The van der Waals surface area contributed by atoms with Crippen molar-refractivity contribution in [2.45, 2.75) is 20.8 Å². The molecule has 0 aliphatic heterocycles. The van der Waals surface area contributed by atoms with Gasteiger partial charge in [0.05, 0.1) is 4.88 Å². The summed E-state index contributed by atoms with van der Waals surface area (Å²) in [6, 6.07) is 16.9. The van der Waals surface area contributed by atoms with Crippen molar-refractivity contribution in [1.29, 1.82) is 0 Å². The molecular formula is C20H19N3S. The highest BCUT2D eigenvalue weighted by molar-refractivity contribution is 7.15. The SMILES string of the molecule is Cc1ccc(Nc2c(-c3ccc(C)s3)nc3ccc(C)cn23)cc1. The van der Waals surface area contributed by atoms with Crippen LogP contribution in [0.5, 0.6) is 0 Å². The highest BCUT2D eigenvalue weighted by Gasteiger charge is 2.16. The molecule has 0 radical (unpaired) electrons. The van der Waals surface area contributed by atoms with Crippen molar-refractivity contribution in [2.75, 3.05) is 5.32 Å². The van der Waals surface area contributed by atoms with E-state index in [0.717, 1.165) is 22.8 Å². The van der Waals surface area contributed by atoms with E-state index < -0.39 is 0 Å². The van der Waals surface area contributed by atoms with E-state index in [1.54, 1.807) is 11.3 Å². The molecule has 0 saturated carbocycles. The van der Waals surface area contributed by atoms with Gasteiger partial charge in [-0.25, -0.2) is 4.98 Å². The number of thiophene rings is 1. The number of hydrogen-bond acceptors (Lipinski definition) is 3. The van der Waals surface area contributed by atoms with Crippen molar-refractivity contribution in [2.24, 2.45) is 0 Å². The number of aryl methyl sites for hydroxylation is 3. The van der Waals surface area contributed by atoms with Crippen LogP contribution in [0.2, 0.25) is 0 Å². The predicted octanol–water partition coefficient (Wildman–Crippen LogP) is 5.73. The summed E-state index contributed by atoms with van der Waals surface area (Å²) in [6.07, 6.45) is 2.13. The maximum atomic E-state index is 4.86. The largest absolute Gasteiger partial charge is 0.339 e. The van der Waals surface area contributed by atoms with Gasteiger partial charge in [-0.15, -0.1) is 11.3 Å². The number of nitrogens with one attached hydrogen (secondary N) is 1. The van der Waals surface area contributed by atoms with Crippen LogP contribution in [0, 0.1) is 20.8 Å². The summed E-state index contributed by atoms with van der Waals surface area (Å²) in [5.41, 5.74) is 5.48. The lowest BCUT2D eigenvalue weighted by atomic mass is 10.2. The number of anilines is 2. The van der Waals surface area contributed by atoms with Crippen LogP contribution in [0.1, 0.15) is 16.0 Å². The quantitative estimate of drug-likeness (QED) is 0.518. The van der Waals surface area contributed by atoms with Crippen molar-refractivity contribution in [3.05, 3.63) is 70.7 Å². The van der Waals surface area contributed by atoms with Gasteiger partial charge in [-0.3, -0.25) is 4.40 Å². The number of imidazole rings is 1. The number of fused-ring (bicyclic) bond motifs is 1. The second-order valence-electron chi connectivity index (χ2n) is 6.14. The van der Waals surface area contributed by atoms with Crippen LogP contribution in [0.4, 0.5) is 11.5 Å². The molecule has 4 rings (SSSR count). The first-order chi connectivity index (χ1) is 11.6. The highest BCUT2D eigenvalue weighted by atomic mass is 32.1. The van der Waals surface area contributed by atoms with Crippen molar-refractivity contribution in [1.82, 2.24) is 9.38 Å². The minimum atomic E-state index is 0.955. The number of hydrogen-bond donors (Lipinski definition) is 1. The van der Waals surface area contributed by atoms with E-state index in [0.29, 0.717) is 0 Å². The Kier molecular flexibility index (Phi) is 3.62. The zero-order chi connectivity index (χ0) is 16.7. The van der Waals surface area contributed by atoms with E-state index in [1.807, 2.05) is 0 Å². The Hall–Kier alpha value is -2.59. The van der Waals surface area contributed by atoms with Crippen molar-refractivity contribution >= 4 is 28.5 Å². The average molecular weight is 333 g/mol. The lowest BCUT2D eigenvalue weighted by Crippen LogP contribution is -1.97. The molecule has 0 aliphatic rings. The van der Waals surface area contributed by atoms with E-state index in [1.165, 1.54) is 20.9 Å². The van der Waals surface area contributed by atoms with Gasteiger partial charge in [0.25, 0.3) is 0 Å². The van der Waals surface area contributed by atoms with E-state index in [-0.39, 0.29) is 0 Å². The molecule has 0 aliphatic carbocycles. The van der Waals surface area contributed by atoms with Gasteiger partial charge in [-0.1, -0.05) is 23.8 Å². The topological polar surface area (TPSA) is 29.3 Å². The predicted molar refractivity (Wildman–Crippen MR) is 102 cm³/mol. The van der Waals surface area contributed by atoms with E-state index in [2.05, 4.69) is 85.2 Å². The van der Waals surface area contributed by atoms with Crippen LogP contribution in [0.25, 0.3) is 16.2 Å². The molecule has 24 heavy (non-hydrogen) atoms. The van der Waals surface area contributed by atoms with E-state index >= 15 is 0 Å². The first-order valence-electron chi connectivity index (χ1n) is 7.99. The fourth-order valence-corrected chi connectivity index (χ4v) is 3.64. The molecule has 0 amide bonds. The maximum Gasteiger partial charge on any atom is 0.144 e. The summed E-state index contributed by atoms with van der Waals surface area (Å²) in [5.74, 6) is 1.01. The number of aromatic nitrogens is 2. The van der Waals surface area contributed by atoms with Crippen LogP contribution in [-0.4, -0.2) is 9.38 Å². The zero-order valence-electron chi connectivity index (χ0n) is 14.0. The maximum absolute atomic E-state index is 4.86. The number of rotatable bonds is 3. The van der Waals surface area contributed by atoms with Crippen LogP contribution in [0.3, 0.4) is 0 Å². The second-order valence-corrected chi connectivity index (χ2v) is 7.43. The van der Waals surface area contributed by atoms with Gasteiger partial charge < -0.3 is 5.32 Å². The normalized spacial score (nSPS) is 11.1. The third-order valence-corrected chi connectivity index (χ3v) is 5.06. The van der Waals surface area contributed by atoms with Crippen LogP contribution >= 0.6 is 11.3 Å². The monoisotopic (exact) mass is 333 g/mol. The standard InChI is InChI=1S/C20H19N3S/c1-13-4-8-16(9-5-13)21-20-19(17-10-7-15(3)24-17)22-18-11-6-14(2)12-23(18)20/h4-12,21H,1-3H3. The molecule has 0 fully saturated rings. The Bertz CT molecular complexity index is 1010. The summed E-state index contributed by atoms with van der Waals surface area (Å²) >= 11 is 1.77. The van der Waals surface area contributed by atoms with E-state index in [9.17, 15) is 0 Å². The third-order valence-electron chi connectivity index (χ3n) is 4.05. The van der Waals surface area contributed by atoms with Gasteiger partial charge in [0.15, 0.2) is 0 Å². The summed E-state index contributed by atoms with van der Waals surface area (Å²) in [6.45, 7) is 6.33. The molecule has 0 atom stereocenters. The van der Waals surface area contributed by atoms with Gasteiger partial charge in [0, 0.05) is 16.8 Å². The Morgan fingerprint density at radius 2 is 1.62 bits per heavy atom. The van der Waals surface area contributed by atoms with Crippen molar-refractivity contribution in [3.8, 4) is 10.6 Å². The summed E-state index contributed by atoms with van der Waals surface area (Å²) < 4.78 is 2.14. The van der Waals surface area contributed by atoms with Crippen LogP contribution in [0.15, 0.2) is 54.7 Å². The Morgan fingerprint density at radius 1 is 0.875 bits per heavy atom. The number of pyridine rings is 1. The summed E-state index contributed by atoms with van der Waals surface area (Å²) in [5, 5.41) is 3.56. The van der Waals surface area contributed by atoms with Gasteiger partial charge in [-0.2, -0.15) is 0 Å². The molecule has 0 bridgehead atoms. The van der Waals surface area contributed by atoms with Crippen LogP contribution in [-0.2, 0) is 0 Å². The summed E-state index contributed by atoms with van der Waals surface area (Å²) in [4.78, 5) is 7.34. The average Bonchev–Trinajstić information content (AvgIpc) is 3.14. The molecule has 3 nitrogen and oxygen atoms in total. The fraction of sp³-hybridized carbons (Fsp3) is 0.150. The molecule has 1 N–H and O–H groups in total. The third kappa shape index (κ3) is 2.69. The molecule has 4 heteroatoms. The second kappa shape index (κ2) is 5.80. The molecule has 3 aromatic heterocycles.